The summed E-state index contributed by atoms with van der Waals surface area (Å²) in [6.45, 7) is 0. The van der Waals surface area contributed by atoms with E-state index in [0.717, 1.165) is 54.8 Å². The largest absolute Gasteiger partial charge is 0.412 e. The molecule has 1 aromatic heterocycles. The van der Waals surface area contributed by atoms with Crippen molar-refractivity contribution in [1.29, 1.82) is 0 Å². The first-order chi connectivity index (χ1) is 21.2. The molecule has 0 aliphatic heterocycles. The second-order valence-corrected chi connectivity index (χ2v) is 13.5. The van der Waals surface area contributed by atoms with Crippen molar-refractivity contribution >= 4 is 55.6 Å². The molecule has 0 bridgehead atoms. The van der Waals surface area contributed by atoms with Crippen LogP contribution in [-0.2, 0) is 4.57 Å². The number of nitrogens with zero attached hydrogens (tertiary/aromatic N) is 2. The number of imidazole rings is 1. The number of hydrogen-bond acceptors (Lipinski definition) is 2. The number of fused-ring (bicyclic) bond motifs is 6. The molecule has 1 heterocycles. The minimum absolute atomic E-state index is 0. The molecule has 0 fully saturated rings. The summed E-state index contributed by atoms with van der Waals surface area (Å²) in [6.07, 6.45) is 0. The molecule has 4 nitrogen and oxygen atoms in total. The van der Waals surface area contributed by atoms with Crippen LogP contribution in [0.5, 0.6) is 0 Å². The molecule has 0 unspecified atom stereocenters. The highest BCUT2D eigenvalue weighted by Gasteiger charge is 2.30. The fourth-order valence-electron chi connectivity index (χ4n) is 6.29. The molecule has 0 aliphatic rings. The number of aromatic nitrogens is 2. The molecule has 0 radical (unpaired) electrons. The Labute approximate surface area is 255 Å². The van der Waals surface area contributed by atoms with Gasteiger partial charge in [-0.2, -0.15) is 0 Å². The average Bonchev–Trinajstić information content (AvgIpc) is 3.51. The molecular weight excluding hydrogens is 559 g/mol. The third kappa shape index (κ3) is 4.27. The van der Waals surface area contributed by atoms with Gasteiger partial charge >= 0.3 is 0 Å². The van der Waals surface area contributed by atoms with E-state index in [4.69, 9.17) is 4.98 Å². The Morgan fingerprint density at radius 3 is 1.57 bits per heavy atom. The van der Waals surface area contributed by atoms with Gasteiger partial charge in [0.1, 0.15) is 5.82 Å². The highest BCUT2D eigenvalue weighted by molar-refractivity contribution is 7.85. The van der Waals surface area contributed by atoms with Crippen LogP contribution < -0.4 is 15.9 Å². The molecular formula is C39H29N2O2P. The lowest BCUT2D eigenvalue weighted by molar-refractivity contribution is 0.592. The number of hydrogen-bond donors (Lipinski definition) is 0. The van der Waals surface area contributed by atoms with Crippen molar-refractivity contribution in [3.05, 3.63) is 164 Å². The minimum Gasteiger partial charge on any atom is -0.412 e. The summed E-state index contributed by atoms with van der Waals surface area (Å²) in [4.78, 5) is 5.38. The summed E-state index contributed by atoms with van der Waals surface area (Å²) in [5, 5.41) is 7.04. The Bertz CT molecular complexity index is 2270. The van der Waals surface area contributed by atoms with E-state index in [0.29, 0.717) is 0 Å². The third-order valence-electron chi connectivity index (χ3n) is 8.25. The minimum atomic E-state index is -3.16. The van der Waals surface area contributed by atoms with Gasteiger partial charge in [-0.15, -0.1) is 0 Å². The fraction of sp³-hybridized carbons (Fsp3) is 0. The van der Waals surface area contributed by atoms with Crippen LogP contribution in [0.15, 0.2) is 164 Å². The molecule has 0 saturated carbocycles. The SMILES string of the molecule is O.O=P(c1ccccc1)(c1ccccc1)c1cccc(-c2nc3c4ccccc4c4ccccc4c3n2-c2ccccc2)c1. The molecule has 0 spiro atoms. The molecule has 212 valence electrons. The molecule has 8 rings (SSSR count). The maximum absolute atomic E-state index is 15.3. The van der Waals surface area contributed by atoms with E-state index in [1.165, 1.54) is 10.8 Å². The predicted molar refractivity (Wildman–Crippen MR) is 185 cm³/mol. The normalized spacial score (nSPS) is 11.5. The van der Waals surface area contributed by atoms with Gasteiger partial charge in [-0.1, -0.05) is 146 Å². The van der Waals surface area contributed by atoms with Gasteiger partial charge in [-0.25, -0.2) is 4.98 Å². The summed E-state index contributed by atoms with van der Waals surface area (Å²) in [5.74, 6) is 0.817. The Balaban J connectivity index is 0.00000312. The topological polar surface area (TPSA) is 66.4 Å². The van der Waals surface area contributed by atoms with Crippen molar-refractivity contribution in [1.82, 2.24) is 9.55 Å². The first-order valence-electron chi connectivity index (χ1n) is 14.4. The zero-order valence-corrected chi connectivity index (χ0v) is 24.7. The van der Waals surface area contributed by atoms with Crippen molar-refractivity contribution in [2.24, 2.45) is 0 Å². The first-order valence-corrected chi connectivity index (χ1v) is 16.1. The van der Waals surface area contributed by atoms with E-state index in [1.807, 2.05) is 78.9 Å². The lowest BCUT2D eigenvalue weighted by atomic mass is 10.00. The first kappa shape index (κ1) is 27.5. The van der Waals surface area contributed by atoms with Crippen molar-refractivity contribution in [2.45, 2.75) is 0 Å². The smallest absolute Gasteiger partial charge is 0.171 e. The van der Waals surface area contributed by atoms with Gasteiger partial charge in [-0.05, 0) is 29.0 Å². The molecule has 2 N–H and O–H groups in total. The maximum Gasteiger partial charge on any atom is 0.171 e. The quantitative estimate of drug-likeness (QED) is 0.152. The van der Waals surface area contributed by atoms with Crippen LogP contribution in [0.3, 0.4) is 0 Å². The molecule has 5 heteroatoms. The summed E-state index contributed by atoms with van der Waals surface area (Å²) >= 11 is 0. The van der Waals surface area contributed by atoms with Gasteiger partial charge in [0, 0.05) is 37.9 Å². The van der Waals surface area contributed by atoms with Gasteiger partial charge in [-0.3, -0.25) is 4.57 Å². The van der Waals surface area contributed by atoms with Crippen LogP contribution in [-0.4, -0.2) is 15.0 Å². The Hall–Kier alpha value is -5.28. The number of rotatable bonds is 5. The molecule has 8 aromatic rings. The molecule has 44 heavy (non-hydrogen) atoms. The summed E-state index contributed by atoms with van der Waals surface area (Å²) in [5.41, 5.74) is 3.96. The van der Waals surface area contributed by atoms with E-state index in [-0.39, 0.29) is 5.48 Å². The monoisotopic (exact) mass is 588 g/mol. The highest BCUT2D eigenvalue weighted by Crippen LogP contribution is 2.44. The molecule has 0 aliphatic carbocycles. The zero-order chi connectivity index (χ0) is 28.8. The van der Waals surface area contributed by atoms with E-state index in [1.54, 1.807) is 0 Å². The highest BCUT2D eigenvalue weighted by atomic mass is 31.2. The van der Waals surface area contributed by atoms with Crippen LogP contribution in [0.2, 0.25) is 0 Å². The van der Waals surface area contributed by atoms with Crippen LogP contribution in [0.25, 0.3) is 49.7 Å². The summed E-state index contributed by atoms with van der Waals surface area (Å²) in [7, 11) is -3.16. The standard InChI is InChI=1S/C39H27N2OP.H2O/c42-43(30-18-6-2-7-19-30,31-20-8-3-9-21-31)32-22-14-15-28(27-32)39-40-37-35-25-12-10-23-33(35)34-24-11-13-26-36(34)38(37)41(39)29-16-4-1-5-17-29;/h1-27H;1H2. The van der Waals surface area contributed by atoms with Crippen molar-refractivity contribution in [3.63, 3.8) is 0 Å². The van der Waals surface area contributed by atoms with Crippen LogP contribution in [0, 0.1) is 0 Å². The molecule has 0 amide bonds. The summed E-state index contributed by atoms with van der Waals surface area (Å²) < 4.78 is 17.5. The zero-order valence-electron chi connectivity index (χ0n) is 23.8. The average molecular weight is 589 g/mol. The Morgan fingerprint density at radius 2 is 0.955 bits per heavy atom. The maximum atomic E-state index is 15.3. The van der Waals surface area contributed by atoms with Gasteiger partial charge in [0.25, 0.3) is 0 Å². The van der Waals surface area contributed by atoms with E-state index >= 15 is 4.57 Å². The number of benzene rings is 7. The third-order valence-corrected chi connectivity index (χ3v) is 11.3. The predicted octanol–water partition coefficient (Wildman–Crippen LogP) is 7.81. The molecule has 7 aromatic carbocycles. The van der Waals surface area contributed by atoms with E-state index < -0.39 is 7.14 Å². The lowest BCUT2D eigenvalue weighted by Gasteiger charge is -2.20. The lowest BCUT2D eigenvalue weighted by Crippen LogP contribution is -2.25. The van der Waals surface area contributed by atoms with Gasteiger partial charge in [0.2, 0.25) is 0 Å². The number of para-hydroxylation sites is 1. The van der Waals surface area contributed by atoms with Gasteiger partial charge < -0.3 is 10.0 Å². The second-order valence-electron chi connectivity index (χ2n) is 10.7. The van der Waals surface area contributed by atoms with Crippen molar-refractivity contribution in [3.8, 4) is 17.1 Å². The molecule has 0 atom stereocenters. The molecule has 0 saturated heterocycles. The van der Waals surface area contributed by atoms with E-state index in [9.17, 15) is 0 Å². The second kappa shape index (κ2) is 11.1. The van der Waals surface area contributed by atoms with Crippen molar-refractivity contribution in [2.75, 3.05) is 0 Å². The van der Waals surface area contributed by atoms with Crippen LogP contribution >= 0.6 is 7.14 Å². The fourth-order valence-corrected chi connectivity index (χ4v) is 8.99. The van der Waals surface area contributed by atoms with Gasteiger partial charge in [0.05, 0.1) is 11.0 Å². The Kier molecular flexibility index (Phi) is 6.94. The van der Waals surface area contributed by atoms with Crippen LogP contribution in [0.1, 0.15) is 0 Å². The van der Waals surface area contributed by atoms with E-state index in [2.05, 4.69) is 89.5 Å². The summed E-state index contributed by atoms with van der Waals surface area (Å²) in [6, 6.07) is 55.3. The van der Waals surface area contributed by atoms with Crippen molar-refractivity contribution < 1.29 is 10.0 Å². The Morgan fingerprint density at radius 1 is 0.477 bits per heavy atom. The van der Waals surface area contributed by atoms with Gasteiger partial charge in [0.15, 0.2) is 7.14 Å². The van der Waals surface area contributed by atoms with Crippen LogP contribution in [0.4, 0.5) is 0 Å².